The molecule has 0 aliphatic rings. The van der Waals surface area contributed by atoms with E-state index in [4.69, 9.17) is 21.1 Å². The Morgan fingerprint density at radius 3 is 3.00 bits per heavy atom. The molecule has 0 radical (unpaired) electrons. The first-order valence-corrected chi connectivity index (χ1v) is 6.56. The van der Waals surface area contributed by atoms with Crippen LogP contribution in [0.2, 0.25) is 5.02 Å². The van der Waals surface area contributed by atoms with Crippen LogP contribution in [0.5, 0.6) is 0 Å². The molecule has 5 heteroatoms. The van der Waals surface area contributed by atoms with Gasteiger partial charge in [0.2, 0.25) is 0 Å². The summed E-state index contributed by atoms with van der Waals surface area (Å²) in [4.78, 5) is 11.9. The fourth-order valence-electron chi connectivity index (χ4n) is 1.82. The van der Waals surface area contributed by atoms with Crippen LogP contribution in [0.1, 0.15) is 23.9 Å². The summed E-state index contributed by atoms with van der Waals surface area (Å²) in [6.45, 7) is 2.59. The number of hydrogen-bond donors (Lipinski definition) is 2. The van der Waals surface area contributed by atoms with Gasteiger partial charge in [-0.15, -0.1) is 0 Å². The Labute approximate surface area is 116 Å². The number of aliphatic hydroxyl groups excluding tert-OH is 1. The highest BCUT2D eigenvalue weighted by Crippen LogP contribution is 2.26. The largest absolute Gasteiger partial charge is 0.449 e. The van der Waals surface area contributed by atoms with E-state index in [-0.39, 0.29) is 24.2 Å². The molecule has 1 heterocycles. The number of para-hydroxylation sites is 1. The average Bonchev–Trinajstić information content (AvgIpc) is 2.82. The number of rotatable bonds is 5. The standard InChI is InChI=1S/C14H16ClNO3/c1-9(5-6-17)8-16-14(18)12-7-10-3-2-4-11(15)13(10)19-12/h2-4,7,9,17H,5-6,8H2,1H3,(H,16,18). The van der Waals surface area contributed by atoms with Crippen molar-refractivity contribution < 1.29 is 14.3 Å². The number of carbonyl (C=O) groups is 1. The maximum atomic E-state index is 11.9. The fraction of sp³-hybridized carbons (Fsp3) is 0.357. The zero-order chi connectivity index (χ0) is 13.8. The van der Waals surface area contributed by atoms with Crippen molar-refractivity contribution in [2.45, 2.75) is 13.3 Å². The summed E-state index contributed by atoms with van der Waals surface area (Å²) in [7, 11) is 0. The highest BCUT2D eigenvalue weighted by atomic mass is 35.5. The van der Waals surface area contributed by atoms with Gasteiger partial charge in [0.15, 0.2) is 11.3 Å². The van der Waals surface area contributed by atoms with Crippen LogP contribution >= 0.6 is 11.6 Å². The van der Waals surface area contributed by atoms with E-state index >= 15 is 0 Å². The van der Waals surface area contributed by atoms with Crippen LogP contribution in [0, 0.1) is 5.92 Å². The van der Waals surface area contributed by atoms with Gasteiger partial charge in [0.25, 0.3) is 5.91 Å². The van der Waals surface area contributed by atoms with Crippen molar-refractivity contribution in [2.24, 2.45) is 5.92 Å². The lowest BCUT2D eigenvalue weighted by molar-refractivity contribution is 0.0920. The molecule has 1 aromatic carbocycles. The normalized spacial score (nSPS) is 12.6. The SMILES string of the molecule is CC(CCO)CNC(=O)c1cc2cccc(Cl)c2o1. The second-order valence-electron chi connectivity index (χ2n) is 4.60. The number of furan rings is 1. The van der Waals surface area contributed by atoms with Gasteiger partial charge in [-0.25, -0.2) is 0 Å². The maximum absolute atomic E-state index is 11.9. The molecular formula is C14H16ClNO3. The second kappa shape index (κ2) is 6.08. The Balaban J connectivity index is 2.07. The molecule has 1 aromatic heterocycles. The molecule has 0 saturated carbocycles. The van der Waals surface area contributed by atoms with Gasteiger partial charge in [0, 0.05) is 18.5 Å². The molecule has 0 saturated heterocycles. The van der Waals surface area contributed by atoms with Gasteiger partial charge >= 0.3 is 0 Å². The van der Waals surface area contributed by atoms with E-state index in [1.807, 2.05) is 19.1 Å². The number of fused-ring (bicyclic) bond motifs is 1. The third-order valence-electron chi connectivity index (χ3n) is 2.95. The Morgan fingerprint density at radius 1 is 1.53 bits per heavy atom. The molecule has 1 unspecified atom stereocenters. The molecule has 2 rings (SSSR count). The average molecular weight is 282 g/mol. The molecule has 19 heavy (non-hydrogen) atoms. The Bertz CT molecular complexity index is 579. The summed E-state index contributed by atoms with van der Waals surface area (Å²) in [5.74, 6) is 0.207. The highest BCUT2D eigenvalue weighted by Gasteiger charge is 2.14. The van der Waals surface area contributed by atoms with Crippen LogP contribution < -0.4 is 5.32 Å². The van der Waals surface area contributed by atoms with Gasteiger partial charge < -0.3 is 14.8 Å². The van der Waals surface area contributed by atoms with Crippen molar-refractivity contribution in [3.63, 3.8) is 0 Å². The lowest BCUT2D eigenvalue weighted by atomic mass is 10.1. The summed E-state index contributed by atoms with van der Waals surface area (Å²) < 4.78 is 5.46. The first-order valence-electron chi connectivity index (χ1n) is 6.19. The quantitative estimate of drug-likeness (QED) is 0.886. The summed E-state index contributed by atoms with van der Waals surface area (Å²) in [6, 6.07) is 7.05. The van der Waals surface area contributed by atoms with Crippen LogP contribution in [-0.4, -0.2) is 24.2 Å². The van der Waals surface area contributed by atoms with Gasteiger partial charge in [-0.2, -0.15) is 0 Å². The van der Waals surface area contributed by atoms with Gasteiger partial charge in [0.1, 0.15) is 0 Å². The summed E-state index contributed by atoms with van der Waals surface area (Å²) in [5, 5.41) is 12.9. The van der Waals surface area contributed by atoms with Crippen LogP contribution in [0.15, 0.2) is 28.7 Å². The second-order valence-corrected chi connectivity index (χ2v) is 5.00. The van der Waals surface area contributed by atoms with Crippen molar-refractivity contribution >= 4 is 28.5 Å². The van der Waals surface area contributed by atoms with Crippen LogP contribution in [0.25, 0.3) is 11.0 Å². The van der Waals surface area contributed by atoms with Gasteiger partial charge in [-0.05, 0) is 24.5 Å². The summed E-state index contributed by atoms with van der Waals surface area (Å²) >= 11 is 5.99. The molecule has 0 aliphatic carbocycles. The van der Waals surface area contributed by atoms with Crippen molar-refractivity contribution in [3.05, 3.63) is 35.0 Å². The van der Waals surface area contributed by atoms with Crippen molar-refractivity contribution in [2.75, 3.05) is 13.2 Å². The molecule has 2 N–H and O–H groups in total. The third kappa shape index (κ3) is 3.28. The molecule has 1 amide bonds. The predicted molar refractivity (Wildman–Crippen MR) is 74.4 cm³/mol. The minimum absolute atomic E-state index is 0.122. The first-order chi connectivity index (χ1) is 9.11. The highest BCUT2D eigenvalue weighted by molar-refractivity contribution is 6.34. The van der Waals surface area contributed by atoms with E-state index in [1.54, 1.807) is 12.1 Å². The van der Waals surface area contributed by atoms with E-state index in [0.717, 1.165) is 5.39 Å². The lowest BCUT2D eigenvalue weighted by Gasteiger charge is -2.09. The van der Waals surface area contributed by atoms with E-state index in [2.05, 4.69) is 5.32 Å². The van der Waals surface area contributed by atoms with Gasteiger partial charge in [-0.1, -0.05) is 30.7 Å². The van der Waals surface area contributed by atoms with E-state index < -0.39 is 0 Å². The molecule has 4 nitrogen and oxygen atoms in total. The number of hydrogen-bond acceptors (Lipinski definition) is 3. The van der Waals surface area contributed by atoms with Crippen LogP contribution in [0.3, 0.4) is 0 Å². The molecule has 1 atom stereocenters. The zero-order valence-corrected chi connectivity index (χ0v) is 11.4. The van der Waals surface area contributed by atoms with Gasteiger partial charge in [0.05, 0.1) is 5.02 Å². The minimum Gasteiger partial charge on any atom is -0.449 e. The molecule has 0 bridgehead atoms. The number of nitrogens with one attached hydrogen (secondary N) is 1. The van der Waals surface area contributed by atoms with Gasteiger partial charge in [-0.3, -0.25) is 4.79 Å². The fourth-order valence-corrected chi connectivity index (χ4v) is 2.04. The summed E-state index contributed by atoms with van der Waals surface area (Å²) in [5.41, 5.74) is 0.526. The van der Waals surface area contributed by atoms with Crippen LogP contribution in [-0.2, 0) is 0 Å². The van der Waals surface area contributed by atoms with Crippen LogP contribution in [0.4, 0.5) is 0 Å². The number of halogens is 1. The predicted octanol–water partition coefficient (Wildman–Crippen LogP) is 2.83. The molecule has 0 fully saturated rings. The smallest absolute Gasteiger partial charge is 0.287 e. The molecule has 0 aliphatic heterocycles. The lowest BCUT2D eigenvalue weighted by Crippen LogP contribution is -2.28. The maximum Gasteiger partial charge on any atom is 0.287 e. The Hall–Kier alpha value is -1.52. The first kappa shape index (κ1) is 13.9. The number of amides is 1. The number of benzene rings is 1. The van der Waals surface area contributed by atoms with Crippen molar-refractivity contribution in [3.8, 4) is 0 Å². The van der Waals surface area contributed by atoms with E-state index in [9.17, 15) is 4.79 Å². The van der Waals surface area contributed by atoms with E-state index in [1.165, 1.54) is 0 Å². The van der Waals surface area contributed by atoms with Crippen molar-refractivity contribution in [1.29, 1.82) is 0 Å². The summed E-state index contributed by atoms with van der Waals surface area (Å²) in [6.07, 6.45) is 0.659. The number of aliphatic hydroxyl groups is 1. The molecule has 0 spiro atoms. The zero-order valence-electron chi connectivity index (χ0n) is 10.6. The monoisotopic (exact) mass is 281 g/mol. The van der Waals surface area contributed by atoms with Crippen molar-refractivity contribution in [1.82, 2.24) is 5.32 Å². The molecular weight excluding hydrogens is 266 g/mol. The Kier molecular flexibility index (Phi) is 4.45. The molecule has 2 aromatic rings. The third-order valence-corrected chi connectivity index (χ3v) is 3.25. The van der Waals surface area contributed by atoms with E-state index in [0.29, 0.717) is 23.6 Å². The molecule has 102 valence electrons. The topological polar surface area (TPSA) is 62.5 Å². The number of carbonyl (C=O) groups excluding carboxylic acids is 1. The Morgan fingerprint density at radius 2 is 2.32 bits per heavy atom. The minimum atomic E-state index is -0.267.